The highest BCUT2D eigenvalue weighted by Crippen LogP contribution is 2.30. The summed E-state index contributed by atoms with van der Waals surface area (Å²) in [4.78, 5) is 17.9. The maximum Gasteiger partial charge on any atom is 0.272 e. The van der Waals surface area contributed by atoms with Gasteiger partial charge in [-0.25, -0.2) is 4.68 Å². The van der Waals surface area contributed by atoms with Gasteiger partial charge in [-0.1, -0.05) is 30.3 Å². The zero-order chi connectivity index (χ0) is 24.9. The highest BCUT2D eigenvalue weighted by atomic mass is 16.5. The molecule has 1 aromatic heterocycles. The van der Waals surface area contributed by atoms with Gasteiger partial charge in [0.05, 0.1) is 30.8 Å². The number of benzene rings is 3. The van der Waals surface area contributed by atoms with Crippen LogP contribution in [0.25, 0.3) is 16.9 Å². The maximum absolute atomic E-state index is 13.8. The minimum atomic E-state index is -0.0242. The van der Waals surface area contributed by atoms with Gasteiger partial charge in [0.1, 0.15) is 17.2 Å². The Morgan fingerprint density at radius 3 is 2.28 bits per heavy atom. The van der Waals surface area contributed by atoms with Crippen molar-refractivity contribution in [1.29, 1.82) is 0 Å². The van der Waals surface area contributed by atoms with E-state index in [9.17, 15) is 4.79 Å². The highest BCUT2D eigenvalue weighted by molar-refractivity contribution is 5.94. The predicted molar refractivity (Wildman–Crippen MR) is 141 cm³/mol. The minimum absolute atomic E-state index is 0.0242. The van der Waals surface area contributed by atoms with E-state index in [4.69, 9.17) is 14.6 Å². The molecule has 7 heteroatoms. The molecule has 0 N–H and O–H groups in total. The molecule has 3 aromatic carbocycles. The van der Waals surface area contributed by atoms with Gasteiger partial charge >= 0.3 is 0 Å². The van der Waals surface area contributed by atoms with E-state index in [2.05, 4.69) is 11.0 Å². The van der Waals surface area contributed by atoms with E-state index in [0.717, 1.165) is 47.2 Å². The van der Waals surface area contributed by atoms with Crippen molar-refractivity contribution in [2.75, 3.05) is 44.8 Å². The first-order valence-corrected chi connectivity index (χ1v) is 12.2. The number of carbonyl (C=O) groups is 1. The molecule has 1 fully saturated rings. The average molecular weight is 483 g/mol. The Labute approximate surface area is 211 Å². The average Bonchev–Trinajstić information content (AvgIpc) is 3.39. The Hall–Kier alpha value is -4.26. The van der Waals surface area contributed by atoms with Crippen LogP contribution in [0.1, 0.15) is 17.4 Å². The van der Waals surface area contributed by atoms with Gasteiger partial charge in [-0.15, -0.1) is 0 Å². The lowest BCUT2D eigenvalue weighted by Crippen LogP contribution is -2.49. The summed E-state index contributed by atoms with van der Waals surface area (Å²) in [7, 11) is 1.64. The molecule has 0 atom stereocenters. The number of nitrogens with zero attached hydrogens (tertiary/aromatic N) is 4. The van der Waals surface area contributed by atoms with Gasteiger partial charge in [0.15, 0.2) is 0 Å². The molecule has 2 heterocycles. The standard InChI is InChI=1S/C29H30N4O3/c1-3-36-28-12-8-7-11-26(28)31-17-19-32(20-18-31)29(34)27-21-25(22-13-15-24(35-2)16-14-22)30-33(27)23-9-5-4-6-10-23/h4-16,21H,3,17-20H2,1-2H3. The third kappa shape index (κ3) is 4.77. The van der Waals surface area contributed by atoms with Gasteiger partial charge in [-0.3, -0.25) is 4.79 Å². The maximum atomic E-state index is 13.8. The van der Waals surface area contributed by atoms with Crippen LogP contribution in [0.4, 0.5) is 5.69 Å². The first kappa shape index (κ1) is 23.5. The number of para-hydroxylation sites is 3. The van der Waals surface area contributed by atoms with Crippen LogP contribution in [0.3, 0.4) is 0 Å². The molecule has 0 bridgehead atoms. The smallest absolute Gasteiger partial charge is 0.272 e. The lowest BCUT2D eigenvalue weighted by molar-refractivity contribution is 0.0737. The van der Waals surface area contributed by atoms with Crippen LogP contribution in [0.5, 0.6) is 11.5 Å². The summed E-state index contributed by atoms with van der Waals surface area (Å²) in [5.74, 6) is 1.64. The Balaban J connectivity index is 1.40. The summed E-state index contributed by atoms with van der Waals surface area (Å²) in [5, 5.41) is 4.82. The Morgan fingerprint density at radius 2 is 1.58 bits per heavy atom. The van der Waals surface area contributed by atoms with Crippen LogP contribution in [-0.2, 0) is 0 Å². The zero-order valence-corrected chi connectivity index (χ0v) is 20.6. The molecule has 1 aliphatic heterocycles. The first-order chi connectivity index (χ1) is 17.7. The molecule has 7 nitrogen and oxygen atoms in total. The van der Waals surface area contributed by atoms with Crippen molar-refractivity contribution >= 4 is 11.6 Å². The molecule has 0 radical (unpaired) electrons. The van der Waals surface area contributed by atoms with Gasteiger partial charge in [-0.05, 0) is 61.5 Å². The van der Waals surface area contributed by atoms with Crippen LogP contribution in [0.2, 0.25) is 0 Å². The molecule has 36 heavy (non-hydrogen) atoms. The van der Waals surface area contributed by atoms with E-state index in [1.807, 2.05) is 90.7 Å². The summed E-state index contributed by atoms with van der Waals surface area (Å²) in [6.07, 6.45) is 0. The lowest BCUT2D eigenvalue weighted by atomic mass is 10.1. The van der Waals surface area contributed by atoms with Gasteiger partial charge in [0.25, 0.3) is 5.91 Å². The number of ether oxygens (including phenoxy) is 2. The second-order valence-electron chi connectivity index (χ2n) is 8.57. The molecule has 0 aliphatic carbocycles. The fourth-order valence-corrected chi connectivity index (χ4v) is 4.51. The van der Waals surface area contributed by atoms with E-state index in [-0.39, 0.29) is 5.91 Å². The van der Waals surface area contributed by atoms with Gasteiger partial charge < -0.3 is 19.3 Å². The molecular formula is C29H30N4O3. The summed E-state index contributed by atoms with van der Waals surface area (Å²) in [6, 6.07) is 27.5. The van der Waals surface area contributed by atoms with Crippen molar-refractivity contribution in [2.24, 2.45) is 0 Å². The molecule has 4 aromatic rings. The van der Waals surface area contributed by atoms with Crippen LogP contribution >= 0.6 is 0 Å². The van der Waals surface area contributed by atoms with E-state index in [1.54, 1.807) is 11.8 Å². The predicted octanol–water partition coefficient (Wildman–Crippen LogP) is 4.91. The number of amides is 1. The monoisotopic (exact) mass is 482 g/mol. The number of anilines is 1. The van der Waals surface area contributed by atoms with E-state index < -0.39 is 0 Å². The Kier molecular flexibility index (Phi) is 6.89. The quantitative estimate of drug-likeness (QED) is 0.375. The molecule has 184 valence electrons. The molecule has 5 rings (SSSR count). The number of hydrogen-bond donors (Lipinski definition) is 0. The number of piperazine rings is 1. The largest absolute Gasteiger partial charge is 0.497 e. The van der Waals surface area contributed by atoms with Crippen LogP contribution < -0.4 is 14.4 Å². The number of aromatic nitrogens is 2. The summed E-state index contributed by atoms with van der Waals surface area (Å²) < 4.78 is 12.8. The van der Waals surface area contributed by atoms with Crippen molar-refractivity contribution in [1.82, 2.24) is 14.7 Å². The third-order valence-electron chi connectivity index (χ3n) is 6.39. The lowest BCUT2D eigenvalue weighted by Gasteiger charge is -2.36. The fourth-order valence-electron chi connectivity index (χ4n) is 4.51. The Morgan fingerprint density at radius 1 is 0.889 bits per heavy atom. The molecule has 0 saturated carbocycles. The Bertz CT molecular complexity index is 1310. The van der Waals surface area contributed by atoms with Gasteiger partial charge in [0, 0.05) is 31.7 Å². The fraction of sp³-hybridized carbons (Fsp3) is 0.241. The van der Waals surface area contributed by atoms with Gasteiger partial charge in [-0.2, -0.15) is 5.10 Å². The molecule has 0 unspecified atom stereocenters. The topological polar surface area (TPSA) is 59.8 Å². The summed E-state index contributed by atoms with van der Waals surface area (Å²) >= 11 is 0. The minimum Gasteiger partial charge on any atom is -0.497 e. The molecule has 0 spiro atoms. The van der Waals surface area contributed by atoms with E-state index in [1.165, 1.54) is 0 Å². The second kappa shape index (κ2) is 10.6. The number of carbonyl (C=O) groups excluding carboxylic acids is 1. The molecule has 1 aliphatic rings. The second-order valence-corrected chi connectivity index (χ2v) is 8.57. The van der Waals surface area contributed by atoms with Crippen molar-refractivity contribution in [2.45, 2.75) is 6.92 Å². The normalized spacial score (nSPS) is 13.5. The van der Waals surface area contributed by atoms with Crippen molar-refractivity contribution in [3.63, 3.8) is 0 Å². The number of rotatable bonds is 7. The van der Waals surface area contributed by atoms with E-state index >= 15 is 0 Å². The van der Waals surface area contributed by atoms with Crippen molar-refractivity contribution in [3.8, 4) is 28.4 Å². The molecule has 1 amide bonds. The third-order valence-corrected chi connectivity index (χ3v) is 6.39. The highest BCUT2D eigenvalue weighted by Gasteiger charge is 2.27. The van der Waals surface area contributed by atoms with Crippen molar-refractivity contribution < 1.29 is 14.3 Å². The summed E-state index contributed by atoms with van der Waals surface area (Å²) in [5.41, 5.74) is 4.15. The van der Waals surface area contributed by atoms with Crippen LogP contribution in [0, 0.1) is 0 Å². The zero-order valence-electron chi connectivity index (χ0n) is 20.6. The molecule has 1 saturated heterocycles. The number of hydrogen-bond acceptors (Lipinski definition) is 5. The van der Waals surface area contributed by atoms with E-state index in [0.29, 0.717) is 25.4 Å². The summed E-state index contributed by atoms with van der Waals surface area (Å²) in [6.45, 7) is 5.33. The number of methoxy groups -OCH3 is 1. The van der Waals surface area contributed by atoms with Crippen LogP contribution in [-0.4, -0.2) is 60.5 Å². The SMILES string of the molecule is CCOc1ccccc1N1CCN(C(=O)c2cc(-c3ccc(OC)cc3)nn2-c2ccccc2)CC1. The van der Waals surface area contributed by atoms with Gasteiger partial charge in [0.2, 0.25) is 0 Å². The van der Waals surface area contributed by atoms with Crippen LogP contribution in [0.15, 0.2) is 84.9 Å². The first-order valence-electron chi connectivity index (χ1n) is 12.2. The van der Waals surface area contributed by atoms with Crippen molar-refractivity contribution in [3.05, 3.63) is 90.6 Å². The molecular weight excluding hydrogens is 452 g/mol.